The zero-order chi connectivity index (χ0) is 31.7. The Morgan fingerprint density at radius 1 is 1.11 bits per heavy atom. The van der Waals surface area contributed by atoms with Gasteiger partial charge in [0, 0.05) is 48.3 Å². The van der Waals surface area contributed by atoms with Gasteiger partial charge in [-0.05, 0) is 117 Å². The zero-order valence-corrected chi connectivity index (χ0v) is 28.4. The lowest BCUT2D eigenvalue weighted by atomic mass is 9.65. The normalized spacial score (nSPS) is 27.8. The number of nitrogens with zero attached hydrogens (tertiary/aromatic N) is 3. The van der Waals surface area contributed by atoms with Gasteiger partial charge in [-0.15, -0.1) is 0 Å². The largest absolute Gasteiger partial charge is 0.490 e. The van der Waals surface area contributed by atoms with Crippen molar-refractivity contribution in [2.24, 2.45) is 17.8 Å². The monoisotopic (exact) mass is 661 g/mol. The van der Waals surface area contributed by atoms with E-state index in [2.05, 4.69) is 27.0 Å². The number of esters is 1. The van der Waals surface area contributed by atoms with Gasteiger partial charge in [0.25, 0.3) is 0 Å². The molecular formula is C37H44ClN3O4S. The molecule has 0 bridgehead atoms. The van der Waals surface area contributed by atoms with E-state index in [4.69, 9.17) is 25.8 Å². The van der Waals surface area contributed by atoms with Gasteiger partial charge in [-0.1, -0.05) is 35.9 Å². The average molecular weight is 662 g/mol. The first-order valence-electron chi connectivity index (χ1n) is 16.8. The van der Waals surface area contributed by atoms with Crippen molar-refractivity contribution in [2.75, 3.05) is 38.8 Å². The van der Waals surface area contributed by atoms with Crippen LogP contribution in [0.15, 0.2) is 60.0 Å². The summed E-state index contributed by atoms with van der Waals surface area (Å²) in [7, 11) is 3.35. The first kappa shape index (κ1) is 31.8. The van der Waals surface area contributed by atoms with E-state index in [9.17, 15) is 4.79 Å². The van der Waals surface area contributed by atoms with Crippen LogP contribution in [0.4, 0.5) is 5.69 Å². The van der Waals surface area contributed by atoms with Crippen LogP contribution in [-0.4, -0.2) is 61.2 Å². The van der Waals surface area contributed by atoms with E-state index in [-0.39, 0.29) is 17.5 Å². The Balaban J connectivity index is 1.15. The molecule has 46 heavy (non-hydrogen) atoms. The summed E-state index contributed by atoms with van der Waals surface area (Å²) in [5.41, 5.74) is 4.06. The summed E-state index contributed by atoms with van der Waals surface area (Å²) in [6.45, 7) is 2.34. The van der Waals surface area contributed by atoms with Crippen LogP contribution in [0.2, 0.25) is 5.02 Å². The van der Waals surface area contributed by atoms with Crippen molar-refractivity contribution in [3.05, 3.63) is 76.6 Å². The third kappa shape index (κ3) is 6.37. The molecule has 1 aromatic heterocycles. The number of thioether (sulfide) groups is 1. The molecule has 6 atom stereocenters. The number of halogens is 1. The second kappa shape index (κ2) is 13.7. The predicted molar refractivity (Wildman–Crippen MR) is 182 cm³/mol. The molecule has 3 aromatic rings. The Labute approximate surface area is 281 Å². The highest BCUT2D eigenvalue weighted by atomic mass is 35.5. The summed E-state index contributed by atoms with van der Waals surface area (Å²) in [5.74, 6) is 2.02. The number of hydrogen-bond donors (Lipinski definition) is 0. The lowest BCUT2D eigenvalue weighted by Crippen LogP contribution is -2.51. The lowest BCUT2D eigenvalue weighted by molar-refractivity contribution is -0.0587. The van der Waals surface area contributed by atoms with Gasteiger partial charge in [-0.2, -0.15) is 0 Å². The van der Waals surface area contributed by atoms with Gasteiger partial charge in [0.15, 0.2) is 5.16 Å². The second-order valence-electron chi connectivity index (χ2n) is 13.7. The molecule has 9 heteroatoms. The number of aryl methyl sites for hydroxylation is 1. The first-order valence-corrected chi connectivity index (χ1v) is 18.1. The summed E-state index contributed by atoms with van der Waals surface area (Å²) in [5, 5.41) is 2.18. The van der Waals surface area contributed by atoms with E-state index < -0.39 is 0 Å². The number of rotatable bonds is 8. The average Bonchev–Trinajstić information content (AvgIpc) is 3.22. The quantitative estimate of drug-likeness (QED) is 0.179. The molecule has 2 heterocycles. The molecular weight excluding hydrogens is 618 g/mol. The molecule has 7 rings (SSSR count). The predicted octanol–water partition coefficient (Wildman–Crippen LogP) is 7.78. The molecule has 1 spiro atoms. The molecule has 2 fully saturated rings. The van der Waals surface area contributed by atoms with Crippen LogP contribution >= 0.6 is 23.4 Å². The Morgan fingerprint density at radius 3 is 2.76 bits per heavy atom. The van der Waals surface area contributed by atoms with Crippen molar-refractivity contribution in [1.82, 2.24) is 9.97 Å². The standard InChI is InChI=1S/C37H44ClN3O4S/c1-43-34(25-6-3-8-29(19-25)46-36-39-16-5-17-40-36)30-12-9-27(30)21-41-22-37(15-4-7-24-18-28(38)11-13-31(24)37)23-45-33-14-10-26(20-32(33)41)35(42)44-2/h5,10-11,13-14,16-18,20,25,27,29-30,34H,3-4,6-9,12,15,19,21-23H2,1-2H3/t25-,27+,29-,30-,34+,37?/m1/s1. The Kier molecular flexibility index (Phi) is 9.49. The number of carbonyl (C=O) groups excluding carboxylic acids is 1. The van der Waals surface area contributed by atoms with Gasteiger partial charge in [0.05, 0.1) is 31.1 Å². The molecule has 4 aliphatic rings. The van der Waals surface area contributed by atoms with Crippen LogP contribution < -0.4 is 9.64 Å². The van der Waals surface area contributed by atoms with E-state index in [0.717, 1.165) is 60.4 Å². The van der Waals surface area contributed by atoms with Crippen molar-refractivity contribution in [1.29, 1.82) is 0 Å². The molecule has 0 saturated heterocycles. The van der Waals surface area contributed by atoms with Crippen molar-refractivity contribution in [3.8, 4) is 5.75 Å². The number of ether oxygens (including phenoxy) is 3. The van der Waals surface area contributed by atoms with Crippen LogP contribution in [0.3, 0.4) is 0 Å². The summed E-state index contributed by atoms with van der Waals surface area (Å²) in [6, 6.07) is 14.0. The van der Waals surface area contributed by atoms with Crippen LogP contribution in [-0.2, 0) is 21.3 Å². The van der Waals surface area contributed by atoms with E-state index in [1.165, 1.54) is 50.3 Å². The van der Waals surface area contributed by atoms with Crippen LogP contribution in [0.5, 0.6) is 5.75 Å². The highest BCUT2D eigenvalue weighted by Gasteiger charge is 2.46. The summed E-state index contributed by atoms with van der Waals surface area (Å²) in [6.07, 6.45) is 14.2. The molecule has 1 unspecified atom stereocenters. The Morgan fingerprint density at radius 2 is 1.98 bits per heavy atom. The molecule has 7 nitrogen and oxygen atoms in total. The smallest absolute Gasteiger partial charge is 0.337 e. The summed E-state index contributed by atoms with van der Waals surface area (Å²) in [4.78, 5) is 24.1. The van der Waals surface area contributed by atoms with Crippen LogP contribution in [0.25, 0.3) is 0 Å². The van der Waals surface area contributed by atoms with E-state index in [1.807, 2.05) is 61.6 Å². The first-order chi connectivity index (χ1) is 22.5. The highest BCUT2D eigenvalue weighted by molar-refractivity contribution is 7.99. The number of hydrogen-bond acceptors (Lipinski definition) is 8. The Hall–Kier alpha value is -2.81. The highest BCUT2D eigenvalue weighted by Crippen LogP contribution is 2.49. The third-order valence-electron chi connectivity index (χ3n) is 11.0. The molecule has 3 aliphatic carbocycles. The zero-order valence-electron chi connectivity index (χ0n) is 26.8. The van der Waals surface area contributed by atoms with Gasteiger partial charge < -0.3 is 19.1 Å². The molecule has 1 aliphatic heterocycles. The number of fused-ring (bicyclic) bond motifs is 3. The molecule has 2 aromatic carbocycles. The lowest BCUT2D eigenvalue weighted by Gasteiger charge is -2.48. The molecule has 0 amide bonds. The molecule has 244 valence electrons. The minimum absolute atomic E-state index is 0.157. The van der Waals surface area contributed by atoms with Gasteiger partial charge >= 0.3 is 5.97 Å². The number of aromatic nitrogens is 2. The van der Waals surface area contributed by atoms with Crippen molar-refractivity contribution in [2.45, 2.75) is 79.7 Å². The topological polar surface area (TPSA) is 73.8 Å². The fourth-order valence-electron chi connectivity index (χ4n) is 8.69. The molecule has 0 radical (unpaired) electrons. The summed E-state index contributed by atoms with van der Waals surface area (Å²) < 4.78 is 18.1. The van der Waals surface area contributed by atoms with Gasteiger partial charge in [-0.25, -0.2) is 14.8 Å². The maximum Gasteiger partial charge on any atom is 0.337 e. The van der Waals surface area contributed by atoms with Crippen molar-refractivity contribution >= 4 is 35.0 Å². The minimum atomic E-state index is -0.328. The molecule has 0 N–H and O–H groups in total. The second-order valence-corrected chi connectivity index (χ2v) is 15.4. The number of benzene rings is 2. The van der Waals surface area contributed by atoms with Crippen LogP contribution in [0.1, 0.15) is 72.9 Å². The van der Waals surface area contributed by atoms with Crippen LogP contribution in [0, 0.1) is 17.8 Å². The maximum atomic E-state index is 12.6. The molecule has 2 saturated carbocycles. The Bertz CT molecular complexity index is 1540. The van der Waals surface area contributed by atoms with Gasteiger partial charge in [0.1, 0.15) is 5.75 Å². The fraction of sp³-hybridized carbons (Fsp3) is 0.541. The fourth-order valence-corrected chi connectivity index (χ4v) is 10.1. The van der Waals surface area contributed by atoms with Crippen molar-refractivity contribution in [3.63, 3.8) is 0 Å². The van der Waals surface area contributed by atoms with E-state index in [0.29, 0.717) is 35.2 Å². The van der Waals surface area contributed by atoms with Gasteiger partial charge in [-0.3, -0.25) is 0 Å². The SMILES string of the molecule is COC(=O)c1ccc2c(c1)N(C[C@@H]1CC[C@H]1[C@@H](OC)[C@@H]1CCC[C@@H](Sc3ncccn3)C1)CC1(CCCc3cc(Cl)ccc31)CO2. The number of methoxy groups -OCH3 is 2. The maximum absolute atomic E-state index is 12.6. The third-order valence-corrected chi connectivity index (χ3v) is 12.4. The number of anilines is 1. The number of carbonyl (C=O) groups is 1. The minimum Gasteiger partial charge on any atom is -0.490 e. The summed E-state index contributed by atoms with van der Waals surface area (Å²) >= 11 is 8.29. The van der Waals surface area contributed by atoms with E-state index in [1.54, 1.807) is 0 Å². The van der Waals surface area contributed by atoms with E-state index >= 15 is 0 Å². The van der Waals surface area contributed by atoms with Gasteiger partial charge in [0.2, 0.25) is 0 Å². The van der Waals surface area contributed by atoms with Crippen molar-refractivity contribution < 1.29 is 19.0 Å².